The molecule has 3 aromatic rings. The van der Waals surface area contributed by atoms with E-state index >= 15 is 0 Å². The number of carbonyl (C=O) groups excluding carboxylic acids is 1. The van der Waals surface area contributed by atoms with Gasteiger partial charge < -0.3 is 5.11 Å². The number of hydrogen-bond donors (Lipinski definition) is 3. The van der Waals surface area contributed by atoms with E-state index < -0.39 is 26.9 Å². The molecule has 0 fully saturated rings. The van der Waals surface area contributed by atoms with Crippen molar-refractivity contribution in [2.24, 2.45) is 4.99 Å². The Balaban J connectivity index is 1.96. The molecule has 2 N–H and O–H groups in total. The quantitative estimate of drug-likeness (QED) is 0.290. The Bertz CT molecular complexity index is 1450. The van der Waals surface area contributed by atoms with Gasteiger partial charge in [0.25, 0.3) is 16.0 Å². The lowest BCUT2D eigenvalue weighted by Gasteiger charge is -2.21. The number of carbonyl (C=O) groups is 2. The van der Waals surface area contributed by atoms with Gasteiger partial charge in [-0.1, -0.05) is 48.5 Å². The highest BCUT2D eigenvalue weighted by Crippen LogP contribution is 2.33. The zero-order chi connectivity index (χ0) is 23.8. The second-order valence-corrected chi connectivity index (χ2v) is 8.89. The SMILES string of the molecule is O=C(O)c1ccc(S(=O)(=O)O)cc1N1C(=O)C(=Cc2ccccc2S)N=C1c1ccccc1. The van der Waals surface area contributed by atoms with Crippen molar-refractivity contribution in [2.45, 2.75) is 9.79 Å². The summed E-state index contributed by atoms with van der Waals surface area (Å²) in [5.74, 6) is -1.94. The van der Waals surface area contributed by atoms with Gasteiger partial charge in [0.15, 0.2) is 0 Å². The summed E-state index contributed by atoms with van der Waals surface area (Å²) in [7, 11) is -4.66. The highest BCUT2D eigenvalue weighted by Gasteiger charge is 2.35. The van der Waals surface area contributed by atoms with E-state index in [1.807, 2.05) is 0 Å². The maximum atomic E-state index is 13.5. The molecule has 0 bridgehead atoms. The van der Waals surface area contributed by atoms with Gasteiger partial charge in [-0.05, 0) is 35.9 Å². The first kappa shape index (κ1) is 22.5. The van der Waals surface area contributed by atoms with Crippen LogP contribution in [-0.4, -0.2) is 35.8 Å². The van der Waals surface area contributed by atoms with Crippen LogP contribution in [0.1, 0.15) is 21.5 Å². The normalized spacial score (nSPS) is 15.1. The summed E-state index contributed by atoms with van der Waals surface area (Å²) in [6.45, 7) is 0. The molecule has 8 nitrogen and oxygen atoms in total. The number of aromatic carboxylic acids is 1. The van der Waals surface area contributed by atoms with E-state index in [1.165, 1.54) is 6.08 Å². The number of amides is 1. The largest absolute Gasteiger partial charge is 0.478 e. The van der Waals surface area contributed by atoms with Crippen molar-refractivity contribution in [3.05, 3.63) is 95.2 Å². The minimum absolute atomic E-state index is 0.00366. The molecule has 1 amide bonds. The highest BCUT2D eigenvalue weighted by atomic mass is 32.2. The van der Waals surface area contributed by atoms with Gasteiger partial charge in [-0.25, -0.2) is 9.79 Å². The van der Waals surface area contributed by atoms with Gasteiger partial charge in [0.2, 0.25) is 0 Å². The van der Waals surface area contributed by atoms with E-state index in [1.54, 1.807) is 54.6 Å². The third-order valence-corrected chi connectivity index (χ3v) is 6.12. The van der Waals surface area contributed by atoms with E-state index in [0.717, 1.165) is 23.1 Å². The summed E-state index contributed by atoms with van der Waals surface area (Å²) < 4.78 is 32.9. The molecular formula is C23H16N2O6S2. The Morgan fingerprint density at radius 3 is 2.30 bits per heavy atom. The minimum Gasteiger partial charge on any atom is -0.478 e. The Hall–Kier alpha value is -3.73. The standard InChI is InChI=1S/C23H16N2O6S2/c26-22-18(12-15-8-4-5-9-20(15)32)24-21(14-6-2-1-3-7-14)25(22)19-13-16(33(29,30)31)10-11-17(19)23(27)28/h1-13,32H,(H,27,28)(H,29,30,31). The molecule has 1 aliphatic rings. The minimum atomic E-state index is -4.66. The monoisotopic (exact) mass is 480 g/mol. The second-order valence-electron chi connectivity index (χ2n) is 6.99. The van der Waals surface area contributed by atoms with Crippen LogP contribution in [0.15, 0.2) is 93.3 Å². The van der Waals surface area contributed by atoms with E-state index in [0.29, 0.717) is 16.0 Å². The highest BCUT2D eigenvalue weighted by molar-refractivity contribution is 7.85. The van der Waals surface area contributed by atoms with Gasteiger partial charge >= 0.3 is 5.97 Å². The molecule has 4 rings (SSSR count). The number of carboxylic acids is 1. The fourth-order valence-electron chi connectivity index (χ4n) is 3.32. The third-order valence-electron chi connectivity index (χ3n) is 4.86. The molecule has 1 aliphatic heterocycles. The van der Waals surface area contributed by atoms with E-state index in [9.17, 15) is 27.7 Å². The molecule has 0 aliphatic carbocycles. The molecule has 0 saturated heterocycles. The lowest BCUT2D eigenvalue weighted by Crippen LogP contribution is -2.34. The molecule has 33 heavy (non-hydrogen) atoms. The molecule has 166 valence electrons. The third kappa shape index (κ3) is 4.44. The van der Waals surface area contributed by atoms with Crippen LogP contribution >= 0.6 is 12.6 Å². The van der Waals surface area contributed by atoms with Crippen molar-refractivity contribution in [1.29, 1.82) is 0 Å². The number of benzene rings is 3. The number of amidine groups is 1. The first-order valence-electron chi connectivity index (χ1n) is 9.50. The molecular weight excluding hydrogens is 464 g/mol. The Kier molecular flexibility index (Phi) is 5.90. The predicted molar refractivity (Wildman–Crippen MR) is 125 cm³/mol. The molecule has 0 atom stereocenters. The molecule has 0 unspecified atom stereocenters. The van der Waals surface area contributed by atoms with Crippen LogP contribution in [0.3, 0.4) is 0 Å². The molecule has 0 saturated carbocycles. The van der Waals surface area contributed by atoms with E-state index in [-0.39, 0.29) is 22.8 Å². The second kappa shape index (κ2) is 8.66. The maximum Gasteiger partial charge on any atom is 0.337 e. The van der Waals surface area contributed by atoms with Crippen molar-refractivity contribution in [1.82, 2.24) is 0 Å². The van der Waals surface area contributed by atoms with Gasteiger partial charge in [0.05, 0.1) is 16.1 Å². The number of hydrogen-bond acceptors (Lipinski definition) is 6. The molecule has 3 aromatic carbocycles. The summed E-state index contributed by atoms with van der Waals surface area (Å²) in [5, 5.41) is 9.69. The number of carboxylic acid groups (broad SMARTS) is 1. The van der Waals surface area contributed by atoms with Crippen LogP contribution in [0.2, 0.25) is 0 Å². The van der Waals surface area contributed by atoms with Gasteiger partial charge in [-0.15, -0.1) is 12.6 Å². The fourth-order valence-corrected chi connectivity index (χ4v) is 4.04. The average Bonchev–Trinajstić information content (AvgIpc) is 3.10. The Morgan fingerprint density at radius 1 is 1.00 bits per heavy atom. The first-order chi connectivity index (χ1) is 15.7. The van der Waals surface area contributed by atoms with Crippen molar-refractivity contribution in [2.75, 3.05) is 4.90 Å². The summed E-state index contributed by atoms with van der Waals surface area (Å²) in [5.41, 5.74) is 0.543. The molecule has 0 aromatic heterocycles. The predicted octanol–water partition coefficient (Wildman–Crippen LogP) is 3.75. The van der Waals surface area contributed by atoms with Gasteiger partial charge in [-0.3, -0.25) is 14.2 Å². The molecule has 0 radical (unpaired) electrons. The van der Waals surface area contributed by atoms with Crippen molar-refractivity contribution >= 4 is 52.2 Å². The topological polar surface area (TPSA) is 124 Å². The number of aliphatic imine (C=N–C) groups is 1. The summed E-state index contributed by atoms with van der Waals surface area (Å²) >= 11 is 4.38. The van der Waals surface area contributed by atoms with Crippen molar-refractivity contribution in [3.63, 3.8) is 0 Å². The Labute approximate surface area is 194 Å². The molecule has 10 heteroatoms. The van der Waals surface area contributed by atoms with Crippen LogP contribution in [-0.2, 0) is 14.9 Å². The van der Waals surface area contributed by atoms with Crippen LogP contribution in [0.4, 0.5) is 5.69 Å². The number of thiol groups is 1. The van der Waals surface area contributed by atoms with Crippen molar-refractivity contribution < 1.29 is 27.7 Å². The van der Waals surface area contributed by atoms with Crippen LogP contribution in [0.25, 0.3) is 6.08 Å². The average molecular weight is 481 g/mol. The van der Waals surface area contributed by atoms with Crippen LogP contribution in [0, 0.1) is 0 Å². The van der Waals surface area contributed by atoms with Gasteiger partial charge in [-0.2, -0.15) is 8.42 Å². The van der Waals surface area contributed by atoms with E-state index in [2.05, 4.69) is 17.6 Å². The molecule has 0 spiro atoms. The number of anilines is 1. The van der Waals surface area contributed by atoms with Crippen LogP contribution in [0.5, 0.6) is 0 Å². The smallest absolute Gasteiger partial charge is 0.337 e. The molecule has 1 heterocycles. The first-order valence-corrected chi connectivity index (χ1v) is 11.4. The maximum absolute atomic E-state index is 13.5. The van der Waals surface area contributed by atoms with Gasteiger partial charge in [0, 0.05) is 10.5 Å². The van der Waals surface area contributed by atoms with Gasteiger partial charge in [0.1, 0.15) is 11.5 Å². The number of nitrogens with zero attached hydrogens (tertiary/aromatic N) is 2. The lowest BCUT2D eigenvalue weighted by molar-refractivity contribution is -0.113. The Morgan fingerprint density at radius 2 is 1.67 bits per heavy atom. The zero-order valence-electron chi connectivity index (χ0n) is 16.8. The lowest BCUT2D eigenvalue weighted by atomic mass is 10.1. The summed E-state index contributed by atoms with van der Waals surface area (Å²) in [4.78, 5) is 30.9. The number of rotatable bonds is 5. The fraction of sp³-hybridized carbons (Fsp3) is 0. The van der Waals surface area contributed by atoms with Crippen LogP contribution < -0.4 is 4.90 Å². The van der Waals surface area contributed by atoms with E-state index in [4.69, 9.17) is 0 Å². The van der Waals surface area contributed by atoms with Crippen molar-refractivity contribution in [3.8, 4) is 0 Å². The summed E-state index contributed by atoms with van der Waals surface area (Å²) in [6.07, 6.45) is 1.51. The zero-order valence-corrected chi connectivity index (χ0v) is 18.5. The summed E-state index contributed by atoms with van der Waals surface area (Å²) in [6, 6.07) is 18.5.